The lowest BCUT2D eigenvalue weighted by Crippen LogP contribution is -2.37. The molecular weight excluding hydrogens is 284 g/mol. The number of anilines is 1. The van der Waals surface area contributed by atoms with Gasteiger partial charge >= 0.3 is 0 Å². The Kier molecular flexibility index (Phi) is 5.29. The van der Waals surface area contributed by atoms with Crippen LogP contribution >= 0.6 is 12.2 Å². The van der Waals surface area contributed by atoms with Crippen LogP contribution in [0.5, 0.6) is 5.75 Å². The first-order valence-electron chi connectivity index (χ1n) is 6.49. The first-order valence-corrected chi connectivity index (χ1v) is 6.90. The Morgan fingerprint density at radius 1 is 1.10 bits per heavy atom. The molecule has 2 rings (SSSR count). The van der Waals surface area contributed by atoms with Crippen LogP contribution in [0.2, 0.25) is 0 Å². The minimum absolute atomic E-state index is 0.0819. The number of hydrogen-bond donors (Lipinski definition) is 2. The lowest BCUT2D eigenvalue weighted by atomic mass is 10.2. The minimum atomic E-state index is -0.299. The highest BCUT2D eigenvalue weighted by Crippen LogP contribution is 2.15. The second-order valence-corrected chi connectivity index (χ2v) is 4.83. The van der Waals surface area contributed by atoms with Crippen LogP contribution in [0.1, 0.15) is 5.56 Å². The van der Waals surface area contributed by atoms with Crippen LogP contribution in [0.4, 0.5) is 5.69 Å². The summed E-state index contributed by atoms with van der Waals surface area (Å²) >= 11 is 5.07. The summed E-state index contributed by atoms with van der Waals surface area (Å²) in [5, 5.41) is 5.75. The number of aryl methyl sites for hydroxylation is 1. The molecule has 0 saturated heterocycles. The third-order valence-corrected chi connectivity index (χ3v) is 2.94. The Balaban J connectivity index is 1.79. The lowest BCUT2D eigenvalue weighted by Gasteiger charge is -2.11. The number of amides is 1. The standard InChI is InChI=1S/C16H16N2O2S/c1-12-7-5-6-10-14(12)20-11-15(19)18-16(21)17-13-8-3-2-4-9-13/h2-10H,11H2,1H3,(H2,17,18,19,21). The number of nitrogens with one attached hydrogen (secondary N) is 2. The van der Waals surface area contributed by atoms with Gasteiger partial charge in [-0.3, -0.25) is 10.1 Å². The van der Waals surface area contributed by atoms with E-state index in [0.29, 0.717) is 5.75 Å². The molecule has 2 aromatic carbocycles. The van der Waals surface area contributed by atoms with E-state index in [0.717, 1.165) is 11.3 Å². The maximum absolute atomic E-state index is 11.8. The molecule has 0 heterocycles. The molecule has 5 heteroatoms. The van der Waals surface area contributed by atoms with E-state index in [-0.39, 0.29) is 17.6 Å². The summed E-state index contributed by atoms with van der Waals surface area (Å²) < 4.78 is 5.45. The highest BCUT2D eigenvalue weighted by Gasteiger charge is 2.06. The van der Waals surface area contributed by atoms with Crippen LogP contribution in [0.3, 0.4) is 0 Å². The number of hydrogen-bond acceptors (Lipinski definition) is 3. The smallest absolute Gasteiger partial charge is 0.264 e. The van der Waals surface area contributed by atoms with Gasteiger partial charge in [-0.1, -0.05) is 36.4 Å². The molecule has 0 saturated carbocycles. The molecule has 0 bridgehead atoms. The van der Waals surface area contributed by atoms with E-state index in [2.05, 4.69) is 10.6 Å². The number of thiocarbonyl (C=S) groups is 1. The van der Waals surface area contributed by atoms with Crippen molar-refractivity contribution in [2.24, 2.45) is 0 Å². The van der Waals surface area contributed by atoms with Crippen molar-refractivity contribution in [2.75, 3.05) is 11.9 Å². The second kappa shape index (κ2) is 7.40. The van der Waals surface area contributed by atoms with E-state index in [9.17, 15) is 4.79 Å². The number of rotatable bonds is 4. The number of carbonyl (C=O) groups excluding carboxylic acids is 1. The van der Waals surface area contributed by atoms with E-state index < -0.39 is 0 Å². The molecule has 0 unspecified atom stereocenters. The summed E-state index contributed by atoms with van der Waals surface area (Å²) in [5.41, 5.74) is 1.80. The average Bonchev–Trinajstić information content (AvgIpc) is 2.47. The van der Waals surface area contributed by atoms with Crippen molar-refractivity contribution >= 4 is 28.9 Å². The predicted molar refractivity (Wildman–Crippen MR) is 87.5 cm³/mol. The topological polar surface area (TPSA) is 50.4 Å². The van der Waals surface area contributed by atoms with Gasteiger partial charge in [-0.05, 0) is 42.9 Å². The summed E-state index contributed by atoms with van der Waals surface area (Å²) in [7, 11) is 0. The van der Waals surface area contributed by atoms with Gasteiger partial charge in [-0.15, -0.1) is 0 Å². The maximum atomic E-state index is 11.8. The molecule has 0 aliphatic heterocycles. The lowest BCUT2D eigenvalue weighted by molar-refractivity contribution is -0.121. The SMILES string of the molecule is Cc1ccccc1OCC(=O)NC(=S)Nc1ccccc1. The minimum Gasteiger partial charge on any atom is -0.483 e. The molecule has 0 aliphatic carbocycles. The summed E-state index contributed by atoms with van der Waals surface area (Å²) in [5.74, 6) is 0.390. The Labute approximate surface area is 129 Å². The summed E-state index contributed by atoms with van der Waals surface area (Å²) in [6, 6.07) is 16.9. The molecule has 4 nitrogen and oxygen atoms in total. The van der Waals surface area contributed by atoms with Crippen molar-refractivity contribution in [1.29, 1.82) is 0 Å². The van der Waals surface area contributed by atoms with Gasteiger partial charge in [0.15, 0.2) is 11.7 Å². The third-order valence-electron chi connectivity index (χ3n) is 2.74. The Morgan fingerprint density at radius 3 is 2.48 bits per heavy atom. The first kappa shape index (κ1) is 15.0. The van der Waals surface area contributed by atoms with E-state index in [1.807, 2.05) is 61.5 Å². The van der Waals surface area contributed by atoms with Crippen LogP contribution < -0.4 is 15.4 Å². The maximum Gasteiger partial charge on any atom is 0.264 e. The monoisotopic (exact) mass is 300 g/mol. The Bertz CT molecular complexity index is 629. The Morgan fingerprint density at radius 2 is 1.76 bits per heavy atom. The highest BCUT2D eigenvalue weighted by atomic mass is 32.1. The molecule has 1 amide bonds. The van der Waals surface area contributed by atoms with Crippen molar-refractivity contribution in [3.05, 3.63) is 60.2 Å². The van der Waals surface area contributed by atoms with Crippen molar-refractivity contribution in [1.82, 2.24) is 5.32 Å². The zero-order chi connectivity index (χ0) is 15.1. The normalized spacial score (nSPS) is 9.76. The number of ether oxygens (including phenoxy) is 1. The summed E-state index contributed by atoms with van der Waals surface area (Å²) in [6.45, 7) is 1.84. The number of benzene rings is 2. The van der Waals surface area contributed by atoms with E-state index in [4.69, 9.17) is 17.0 Å². The van der Waals surface area contributed by atoms with E-state index >= 15 is 0 Å². The van der Waals surface area contributed by atoms with Crippen molar-refractivity contribution in [3.63, 3.8) is 0 Å². The molecule has 2 aromatic rings. The van der Waals surface area contributed by atoms with E-state index in [1.165, 1.54) is 0 Å². The molecule has 2 N–H and O–H groups in total. The fraction of sp³-hybridized carbons (Fsp3) is 0.125. The molecule has 21 heavy (non-hydrogen) atoms. The summed E-state index contributed by atoms with van der Waals surface area (Å²) in [6.07, 6.45) is 0. The van der Waals surface area contributed by atoms with E-state index in [1.54, 1.807) is 0 Å². The number of para-hydroxylation sites is 2. The second-order valence-electron chi connectivity index (χ2n) is 4.42. The van der Waals surface area contributed by atoms with Crippen LogP contribution in [-0.2, 0) is 4.79 Å². The van der Waals surface area contributed by atoms with Crippen LogP contribution in [0, 0.1) is 6.92 Å². The largest absolute Gasteiger partial charge is 0.483 e. The molecule has 0 aliphatic rings. The molecule has 108 valence electrons. The zero-order valence-corrected chi connectivity index (χ0v) is 12.4. The average molecular weight is 300 g/mol. The van der Waals surface area contributed by atoms with Crippen molar-refractivity contribution < 1.29 is 9.53 Å². The van der Waals surface area contributed by atoms with Gasteiger partial charge in [0.05, 0.1) is 0 Å². The van der Waals surface area contributed by atoms with Gasteiger partial charge in [0.2, 0.25) is 0 Å². The van der Waals surface area contributed by atoms with Gasteiger partial charge in [-0.25, -0.2) is 0 Å². The molecule has 0 atom stereocenters. The van der Waals surface area contributed by atoms with Crippen molar-refractivity contribution in [3.8, 4) is 5.75 Å². The Hall–Kier alpha value is -2.40. The molecule has 0 fully saturated rings. The first-order chi connectivity index (χ1) is 10.1. The fourth-order valence-corrected chi connectivity index (χ4v) is 1.94. The molecule has 0 spiro atoms. The van der Waals surface area contributed by atoms with Gasteiger partial charge in [-0.2, -0.15) is 0 Å². The van der Waals surface area contributed by atoms with Crippen molar-refractivity contribution in [2.45, 2.75) is 6.92 Å². The highest BCUT2D eigenvalue weighted by molar-refractivity contribution is 7.80. The molecule has 0 aromatic heterocycles. The van der Waals surface area contributed by atoms with Gasteiger partial charge in [0.1, 0.15) is 5.75 Å². The van der Waals surface area contributed by atoms with Crippen LogP contribution in [0.15, 0.2) is 54.6 Å². The quantitative estimate of drug-likeness (QED) is 0.853. The van der Waals surface area contributed by atoms with Crippen LogP contribution in [-0.4, -0.2) is 17.6 Å². The third kappa shape index (κ3) is 4.89. The zero-order valence-electron chi connectivity index (χ0n) is 11.6. The molecular formula is C16H16N2O2S. The molecule has 0 radical (unpaired) electrons. The fourth-order valence-electron chi connectivity index (χ4n) is 1.71. The van der Waals surface area contributed by atoms with Crippen LogP contribution in [0.25, 0.3) is 0 Å². The van der Waals surface area contributed by atoms with Gasteiger partial charge in [0, 0.05) is 5.69 Å². The van der Waals surface area contributed by atoms with Gasteiger partial charge in [0.25, 0.3) is 5.91 Å². The predicted octanol–water partition coefficient (Wildman–Crippen LogP) is 2.89. The number of carbonyl (C=O) groups is 1. The summed E-state index contributed by atoms with van der Waals surface area (Å²) in [4.78, 5) is 11.8. The van der Waals surface area contributed by atoms with Gasteiger partial charge < -0.3 is 10.1 Å².